The second-order valence-corrected chi connectivity index (χ2v) is 6.35. The molecule has 0 unspecified atom stereocenters. The first kappa shape index (κ1) is 14.8. The number of halogens is 1. The van der Waals surface area contributed by atoms with Crippen molar-refractivity contribution in [2.75, 3.05) is 12.4 Å². The van der Waals surface area contributed by atoms with Crippen molar-refractivity contribution in [3.8, 4) is 0 Å². The topological polar surface area (TPSA) is 71.1 Å². The maximum atomic E-state index is 11.7. The van der Waals surface area contributed by atoms with E-state index in [4.69, 9.17) is 11.6 Å². The normalized spacial score (nSPS) is 11.3. The van der Waals surface area contributed by atoms with Crippen molar-refractivity contribution in [1.82, 2.24) is 9.71 Å². The molecule has 0 aliphatic rings. The second-order valence-electron chi connectivity index (χ2n) is 4.08. The van der Waals surface area contributed by atoms with Crippen LogP contribution >= 0.6 is 11.6 Å². The lowest BCUT2D eigenvalue weighted by atomic mass is 10.2. The maximum absolute atomic E-state index is 11.7. The molecule has 0 aliphatic carbocycles. The van der Waals surface area contributed by atoms with Gasteiger partial charge in [-0.3, -0.25) is 0 Å². The summed E-state index contributed by atoms with van der Waals surface area (Å²) in [5.41, 5.74) is 1.68. The van der Waals surface area contributed by atoms with Crippen LogP contribution in [-0.2, 0) is 16.6 Å². The molecule has 0 saturated carbocycles. The summed E-state index contributed by atoms with van der Waals surface area (Å²) in [6.07, 6.45) is 1.60. The number of sulfonamides is 1. The number of benzene rings is 1. The van der Waals surface area contributed by atoms with E-state index >= 15 is 0 Å². The van der Waals surface area contributed by atoms with E-state index in [2.05, 4.69) is 15.0 Å². The lowest BCUT2D eigenvalue weighted by Crippen LogP contribution is -2.18. The predicted molar refractivity (Wildman–Crippen MR) is 79.3 cm³/mol. The number of nitrogens with zero attached hydrogens (tertiary/aromatic N) is 1. The Morgan fingerprint density at radius 1 is 1.25 bits per heavy atom. The zero-order valence-corrected chi connectivity index (χ0v) is 12.4. The van der Waals surface area contributed by atoms with E-state index in [9.17, 15) is 8.42 Å². The Morgan fingerprint density at radius 2 is 2.05 bits per heavy atom. The SMILES string of the molecule is CNS(=O)(=O)c1cccc(CNc2ccnc(Cl)c2)c1. The van der Waals surface area contributed by atoms with Gasteiger partial charge in [-0.1, -0.05) is 23.7 Å². The Kier molecular flexibility index (Phi) is 4.59. The van der Waals surface area contributed by atoms with Crippen molar-refractivity contribution in [2.24, 2.45) is 0 Å². The van der Waals surface area contributed by atoms with Crippen LogP contribution in [-0.4, -0.2) is 20.4 Å². The molecule has 106 valence electrons. The average molecular weight is 312 g/mol. The van der Waals surface area contributed by atoms with Crippen molar-refractivity contribution in [1.29, 1.82) is 0 Å². The highest BCUT2D eigenvalue weighted by Crippen LogP contribution is 2.15. The molecule has 2 aromatic rings. The molecule has 0 amide bonds. The molecule has 5 nitrogen and oxygen atoms in total. The summed E-state index contributed by atoms with van der Waals surface area (Å²) in [7, 11) is -2.03. The van der Waals surface area contributed by atoms with Gasteiger partial charge >= 0.3 is 0 Å². The zero-order chi connectivity index (χ0) is 14.6. The first-order valence-electron chi connectivity index (χ1n) is 5.89. The van der Waals surface area contributed by atoms with E-state index in [1.165, 1.54) is 7.05 Å². The van der Waals surface area contributed by atoms with E-state index in [0.29, 0.717) is 11.7 Å². The van der Waals surface area contributed by atoms with Crippen molar-refractivity contribution in [2.45, 2.75) is 11.4 Å². The van der Waals surface area contributed by atoms with Crippen LogP contribution in [0.1, 0.15) is 5.56 Å². The quantitative estimate of drug-likeness (QED) is 0.831. The van der Waals surface area contributed by atoms with E-state index in [-0.39, 0.29) is 4.90 Å². The van der Waals surface area contributed by atoms with Gasteiger partial charge in [-0.15, -0.1) is 0 Å². The van der Waals surface area contributed by atoms with Crippen LogP contribution in [0.5, 0.6) is 0 Å². The van der Waals surface area contributed by atoms with E-state index in [1.54, 1.807) is 36.5 Å². The Labute approximate surface area is 123 Å². The minimum Gasteiger partial charge on any atom is -0.381 e. The Balaban J connectivity index is 2.13. The molecule has 20 heavy (non-hydrogen) atoms. The number of nitrogens with one attached hydrogen (secondary N) is 2. The molecule has 0 aliphatic heterocycles. The van der Waals surface area contributed by atoms with E-state index in [1.807, 2.05) is 6.07 Å². The molecule has 0 bridgehead atoms. The monoisotopic (exact) mass is 311 g/mol. The summed E-state index contributed by atoms with van der Waals surface area (Å²) >= 11 is 5.79. The molecular weight excluding hydrogens is 298 g/mol. The minimum absolute atomic E-state index is 0.243. The third-order valence-corrected chi connectivity index (χ3v) is 4.32. The van der Waals surface area contributed by atoms with Crippen molar-refractivity contribution >= 4 is 27.3 Å². The number of aromatic nitrogens is 1. The second kappa shape index (κ2) is 6.21. The van der Waals surface area contributed by atoms with Gasteiger partial charge in [0.05, 0.1) is 4.90 Å². The van der Waals surface area contributed by atoms with Crippen LogP contribution in [0.2, 0.25) is 5.15 Å². The van der Waals surface area contributed by atoms with Gasteiger partial charge < -0.3 is 5.32 Å². The summed E-state index contributed by atoms with van der Waals surface area (Å²) < 4.78 is 25.7. The Bertz CT molecular complexity index is 704. The van der Waals surface area contributed by atoms with Crippen molar-refractivity contribution < 1.29 is 8.42 Å². The first-order valence-corrected chi connectivity index (χ1v) is 7.75. The van der Waals surface area contributed by atoms with Crippen LogP contribution in [0.15, 0.2) is 47.5 Å². The fourth-order valence-corrected chi connectivity index (χ4v) is 2.63. The molecule has 0 atom stereocenters. The molecule has 0 spiro atoms. The highest BCUT2D eigenvalue weighted by Gasteiger charge is 2.11. The highest BCUT2D eigenvalue weighted by atomic mass is 35.5. The maximum Gasteiger partial charge on any atom is 0.240 e. The molecular formula is C13H14ClN3O2S. The van der Waals surface area contributed by atoms with Gasteiger partial charge in [0, 0.05) is 18.4 Å². The van der Waals surface area contributed by atoms with Crippen LogP contribution < -0.4 is 10.0 Å². The van der Waals surface area contributed by atoms with Gasteiger partial charge in [0.1, 0.15) is 5.15 Å². The van der Waals surface area contributed by atoms with E-state index < -0.39 is 10.0 Å². The molecule has 0 fully saturated rings. The molecule has 2 rings (SSSR count). The average Bonchev–Trinajstić information content (AvgIpc) is 2.45. The van der Waals surface area contributed by atoms with Crippen molar-refractivity contribution in [3.05, 3.63) is 53.3 Å². The third-order valence-electron chi connectivity index (χ3n) is 2.70. The smallest absolute Gasteiger partial charge is 0.240 e. The summed E-state index contributed by atoms with van der Waals surface area (Å²) in [6.45, 7) is 0.493. The molecule has 7 heteroatoms. The van der Waals surface area contributed by atoms with Crippen LogP contribution in [0.4, 0.5) is 5.69 Å². The van der Waals surface area contributed by atoms with Gasteiger partial charge in [-0.2, -0.15) is 0 Å². The Morgan fingerprint density at radius 3 is 2.75 bits per heavy atom. The summed E-state index contributed by atoms with van der Waals surface area (Å²) in [5.74, 6) is 0. The molecule has 1 heterocycles. The zero-order valence-electron chi connectivity index (χ0n) is 10.8. The fraction of sp³-hybridized carbons (Fsp3) is 0.154. The third kappa shape index (κ3) is 3.69. The summed E-state index contributed by atoms with van der Waals surface area (Å²) in [5, 5.41) is 3.56. The van der Waals surface area contributed by atoms with Gasteiger partial charge in [-0.05, 0) is 36.9 Å². The number of pyridine rings is 1. The minimum atomic E-state index is -3.42. The largest absolute Gasteiger partial charge is 0.381 e. The van der Waals surface area contributed by atoms with Crippen LogP contribution in [0.25, 0.3) is 0 Å². The standard InChI is InChI=1S/C13H14ClN3O2S/c1-15-20(18,19)12-4-2-3-10(7-12)9-17-11-5-6-16-13(14)8-11/h2-8,15H,9H2,1H3,(H,16,17). The lowest BCUT2D eigenvalue weighted by molar-refractivity contribution is 0.588. The first-order chi connectivity index (χ1) is 9.51. The van der Waals surface area contributed by atoms with Crippen LogP contribution in [0, 0.1) is 0 Å². The number of hydrogen-bond donors (Lipinski definition) is 2. The van der Waals surface area contributed by atoms with Gasteiger partial charge in [0.15, 0.2) is 0 Å². The van der Waals surface area contributed by atoms with Gasteiger partial charge in [0.25, 0.3) is 0 Å². The molecule has 0 radical (unpaired) electrons. The summed E-state index contributed by atoms with van der Waals surface area (Å²) in [4.78, 5) is 4.13. The number of anilines is 1. The fourth-order valence-electron chi connectivity index (χ4n) is 1.66. The number of hydrogen-bond acceptors (Lipinski definition) is 4. The summed E-state index contributed by atoms with van der Waals surface area (Å²) in [6, 6.07) is 10.2. The Hall–Kier alpha value is -1.63. The molecule has 1 aromatic carbocycles. The number of rotatable bonds is 5. The highest BCUT2D eigenvalue weighted by molar-refractivity contribution is 7.89. The lowest BCUT2D eigenvalue weighted by Gasteiger charge is -2.08. The molecule has 0 saturated heterocycles. The van der Waals surface area contributed by atoms with Crippen LogP contribution in [0.3, 0.4) is 0 Å². The molecule has 2 N–H and O–H groups in total. The van der Waals surface area contributed by atoms with E-state index in [0.717, 1.165) is 11.3 Å². The molecule has 1 aromatic heterocycles. The van der Waals surface area contributed by atoms with Gasteiger partial charge in [-0.25, -0.2) is 18.1 Å². The van der Waals surface area contributed by atoms with Gasteiger partial charge in [0.2, 0.25) is 10.0 Å². The van der Waals surface area contributed by atoms with Crippen molar-refractivity contribution in [3.63, 3.8) is 0 Å². The predicted octanol–water partition coefficient (Wildman–Crippen LogP) is 2.26.